The number of amides is 1. The van der Waals surface area contributed by atoms with Crippen LogP contribution in [0.2, 0.25) is 0 Å². The van der Waals surface area contributed by atoms with Crippen molar-refractivity contribution in [1.82, 2.24) is 10.2 Å². The number of rotatable bonds is 4. The molecular formula is C19H30N2O2. The lowest BCUT2D eigenvalue weighted by Gasteiger charge is -2.45. The molecule has 1 aliphatic heterocycles. The van der Waals surface area contributed by atoms with Gasteiger partial charge in [-0.2, -0.15) is 0 Å². The topological polar surface area (TPSA) is 41.6 Å². The smallest absolute Gasteiger partial charge is 0.251 e. The van der Waals surface area contributed by atoms with Gasteiger partial charge < -0.3 is 10.1 Å². The molecule has 0 spiro atoms. The Balaban J connectivity index is 2.01. The molecule has 1 aromatic rings. The van der Waals surface area contributed by atoms with Crippen molar-refractivity contribution in [1.29, 1.82) is 0 Å². The van der Waals surface area contributed by atoms with Crippen LogP contribution in [0, 0.1) is 13.8 Å². The molecule has 1 saturated heterocycles. The van der Waals surface area contributed by atoms with Gasteiger partial charge in [0.25, 0.3) is 5.91 Å². The molecule has 0 bridgehead atoms. The largest absolute Gasteiger partial charge is 0.373 e. The molecule has 2 rings (SSSR count). The Hall–Kier alpha value is -1.39. The first-order chi connectivity index (χ1) is 10.7. The summed E-state index contributed by atoms with van der Waals surface area (Å²) in [6.45, 7) is 15.0. The van der Waals surface area contributed by atoms with Crippen LogP contribution in [-0.4, -0.2) is 48.2 Å². The van der Waals surface area contributed by atoms with Crippen LogP contribution >= 0.6 is 0 Å². The van der Waals surface area contributed by atoms with Crippen LogP contribution in [0.15, 0.2) is 18.2 Å². The summed E-state index contributed by atoms with van der Waals surface area (Å²) in [5, 5.41) is 3.11. The van der Waals surface area contributed by atoms with E-state index in [1.54, 1.807) is 0 Å². The molecule has 2 atom stereocenters. The minimum absolute atomic E-state index is 0.00799. The molecule has 1 amide bonds. The number of aryl methyl sites for hydroxylation is 2. The lowest BCUT2D eigenvalue weighted by molar-refractivity contribution is -0.0948. The van der Waals surface area contributed by atoms with Gasteiger partial charge in [0.1, 0.15) is 0 Å². The van der Waals surface area contributed by atoms with E-state index in [9.17, 15) is 4.79 Å². The Kier molecular flexibility index (Phi) is 5.48. The fourth-order valence-corrected chi connectivity index (χ4v) is 3.16. The van der Waals surface area contributed by atoms with Gasteiger partial charge in [0, 0.05) is 30.7 Å². The summed E-state index contributed by atoms with van der Waals surface area (Å²) >= 11 is 0. The van der Waals surface area contributed by atoms with E-state index in [1.165, 1.54) is 0 Å². The lowest BCUT2D eigenvalue weighted by Crippen LogP contribution is -2.58. The highest BCUT2D eigenvalue weighted by Crippen LogP contribution is 2.21. The quantitative estimate of drug-likeness (QED) is 0.928. The predicted octanol–water partition coefficient (Wildman–Crippen LogP) is 2.92. The van der Waals surface area contributed by atoms with Crippen molar-refractivity contribution in [2.45, 2.75) is 59.3 Å². The Morgan fingerprint density at radius 3 is 2.48 bits per heavy atom. The third-order valence-electron chi connectivity index (χ3n) is 4.59. The van der Waals surface area contributed by atoms with E-state index in [0.29, 0.717) is 6.54 Å². The summed E-state index contributed by atoms with van der Waals surface area (Å²) in [6, 6.07) is 5.99. The molecule has 0 radical (unpaired) electrons. The maximum atomic E-state index is 12.5. The van der Waals surface area contributed by atoms with Gasteiger partial charge in [-0.1, -0.05) is 17.7 Å². The molecule has 4 heteroatoms. The zero-order chi connectivity index (χ0) is 17.2. The van der Waals surface area contributed by atoms with Crippen molar-refractivity contribution in [3.63, 3.8) is 0 Å². The Morgan fingerprint density at radius 1 is 1.26 bits per heavy atom. The van der Waals surface area contributed by atoms with Crippen molar-refractivity contribution in [2.24, 2.45) is 0 Å². The van der Waals surface area contributed by atoms with Crippen LogP contribution < -0.4 is 5.32 Å². The minimum atomic E-state index is -0.0975. The first-order valence-corrected chi connectivity index (χ1v) is 8.45. The van der Waals surface area contributed by atoms with Gasteiger partial charge in [0.15, 0.2) is 0 Å². The summed E-state index contributed by atoms with van der Waals surface area (Å²) in [7, 11) is 0. The highest BCUT2D eigenvalue weighted by atomic mass is 16.5. The maximum absolute atomic E-state index is 12.5. The molecule has 0 aromatic heterocycles. The Bertz CT molecular complexity index is 558. The summed E-state index contributed by atoms with van der Waals surface area (Å²) in [6.07, 6.45) is 0.459. The van der Waals surface area contributed by atoms with E-state index in [0.717, 1.165) is 29.8 Å². The fourth-order valence-electron chi connectivity index (χ4n) is 3.16. The average Bonchev–Trinajstić information content (AvgIpc) is 2.46. The van der Waals surface area contributed by atoms with E-state index < -0.39 is 0 Å². The zero-order valence-corrected chi connectivity index (χ0v) is 15.3. The maximum Gasteiger partial charge on any atom is 0.251 e. The molecule has 1 heterocycles. The van der Waals surface area contributed by atoms with Gasteiger partial charge in [-0.3, -0.25) is 9.69 Å². The summed E-state index contributed by atoms with van der Waals surface area (Å²) in [4.78, 5) is 14.9. The summed E-state index contributed by atoms with van der Waals surface area (Å²) < 4.78 is 5.81. The van der Waals surface area contributed by atoms with E-state index in [1.807, 2.05) is 32.0 Å². The van der Waals surface area contributed by atoms with Crippen LogP contribution in [0.5, 0.6) is 0 Å². The van der Waals surface area contributed by atoms with Crippen molar-refractivity contribution in [2.75, 3.05) is 19.6 Å². The summed E-state index contributed by atoms with van der Waals surface area (Å²) in [5.41, 5.74) is 2.79. The lowest BCUT2D eigenvalue weighted by atomic mass is 9.99. The molecule has 128 valence electrons. The standard InChI is InChI=1S/C19H30N2O2/c1-13-7-8-14(2)17(9-13)18(22)20-12-19(5,6)21-10-15(3)23-16(4)11-21/h7-9,15-16H,10-12H2,1-6H3,(H,20,22). The third-order valence-corrected chi connectivity index (χ3v) is 4.59. The van der Waals surface area contributed by atoms with Crippen LogP contribution in [0.3, 0.4) is 0 Å². The van der Waals surface area contributed by atoms with E-state index in [4.69, 9.17) is 4.74 Å². The molecular weight excluding hydrogens is 288 g/mol. The van der Waals surface area contributed by atoms with Crippen LogP contribution in [0.1, 0.15) is 49.2 Å². The van der Waals surface area contributed by atoms with Crippen LogP contribution in [0.25, 0.3) is 0 Å². The number of benzene rings is 1. The molecule has 1 aromatic carbocycles. The first-order valence-electron chi connectivity index (χ1n) is 8.45. The van der Waals surface area contributed by atoms with Gasteiger partial charge in [-0.25, -0.2) is 0 Å². The number of hydrogen-bond acceptors (Lipinski definition) is 3. The Labute approximate surface area is 140 Å². The molecule has 1 aliphatic rings. The highest BCUT2D eigenvalue weighted by molar-refractivity contribution is 5.95. The minimum Gasteiger partial charge on any atom is -0.373 e. The fraction of sp³-hybridized carbons (Fsp3) is 0.632. The SMILES string of the molecule is Cc1ccc(C)c(C(=O)NCC(C)(C)N2CC(C)OC(C)C2)c1. The van der Waals surface area contributed by atoms with Gasteiger partial charge in [0.2, 0.25) is 0 Å². The number of morpholine rings is 1. The third kappa shape index (κ3) is 4.55. The number of nitrogens with zero attached hydrogens (tertiary/aromatic N) is 1. The molecule has 4 nitrogen and oxygen atoms in total. The predicted molar refractivity (Wildman–Crippen MR) is 93.9 cm³/mol. The van der Waals surface area contributed by atoms with E-state index in [-0.39, 0.29) is 23.7 Å². The molecule has 2 unspecified atom stereocenters. The van der Waals surface area contributed by atoms with Gasteiger partial charge >= 0.3 is 0 Å². The monoisotopic (exact) mass is 318 g/mol. The zero-order valence-electron chi connectivity index (χ0n) is 15.3. The van der Waals surface area contributed by atoms with E-state index in [2.05, 4.69) is 37.9 Å². The molecule has 1 N–H and O–H groups in total. The number of nitrogens with one attached hydrogen (secondary N) is 1. The van der Waals surface area contributed by atoms with Crippen molar-refractivity contribution in [3.8, 4) is 0 Å². The number of hydrogen-bond donors (Lipinski definition) is 1. The van der Waals surface area contributed by atoms with Gasteiger partial charge in [-0.15, -0.1) is 0 Å². The van der Waals surface area contributed by atoms with Crippen LogP contribution in [-0.2, 0) is 4.74 Å². The van der Waals surface area contributed by atoms with E-state index >= 15 is 0 Å². The number of ether oxygens (including phenoxy) is 1. The van der Waals surface area contributed by atoms with Crippen molar-refractivity contribution >= 4 is 5.91 Å². The molecule has 23 heavy (non-hydrogen) atoms. The van der Waals surface area contributed by atoms with Gasteiger partial charge in [-0.05, 0) is 53.2 Å². The second-order valence-corrected chi connectivity index (χ2v) is 7.48. The second-order valence-electron chi connectivity index (χ2n) is 7.48. The second kappa shape index (κ2) is 7.02. The number of carbonyl (C=O) groups is 1. The number of carbonyl (C=O) groups excluding carboxylic acids is 1. The molecule has 0 aliphatic carbocycles. The normalized spacial score (nSPS) is 22.9. The molecule has 0 saturated carbocycles. The highest BCUT2D eigenvalue weighted by Gasteiger charge is 2.33. The molecule has 1 fully saturated rings. The van der Waals surface area contributed by atoms with Crippen molar-refractivity contribution in [3.05, 3.63) is 34.9 Å². The average molecular weight is 318 g/mol. The summed E-state index contributed by atoms with van der Waals surface area (Å²) in [5.74, 6) is 0.00799. The van der Waals surface area contributed by atoms with Crippen molar-refractivity contribution < 1.29 is 9.53 Å². The van der Waals surface area contributed by atoms with Gasteiger partial charge in [0.05, 0.1) is 12.2 Å². The Morgan fingerprint density at radius 2 is 1.87 bits per heavy atom. The first kappa shape index (κ1) is 18.0. The van der Waals surface area contributed by atoms with Crippen LogP contribution in [0.4, 0.5) is 0 Å².